The molecule has 1 aliphatic carbocycles. The van der Waals surface area contributed by atoms with E-state index in [1.165, 1.54) is 11.1 Å². The Hall–Kier alpha value is -2.62. The van der Waals surface area contributed by atoms with Crippen LogP contribution in [0, 0.1) is 18.8 Å². The predicted molar refractivity (Wildman–Crippen MR) is 96.3 cm³/mol. The van der Waals surface area contributed by atoms with Crippen LogP contribution in [0.25, 0.3) is 0 Å². The predicted octanol–water partition coefficient (Wildman–Crippen LogP) is 3.16. The highest BCUT2D eigenvalue weighted by Gasteiger charge is 2.44. The van der Waals surface area contributed by atoms with Gasteiger partial charge in [0.05, 0.1) is 5.92 Å². The fourth-order valence-corrected chi connectivity index (χ4v) is 3.33. The molecule has 3 atom stereocenters. The highest BCUT2D eigenvalue weighted by atomic mass is 16.4. The first-order valence-electron chi connectivity index (χ1n) is 8.66. The third kappa shape index (κ3) is 4.27. The lowest BCUT2D eigenvalue weighted by atomic mass is 9.99. The Bertz CT molecular complexity index is 757. The lowest BCUT2D eigenvalue weighted by molar-refractivity contribution is -0.141. The molecule has 0 radical (unpaired) electrons. The molecule has 2 aromatic rings. The third-order valence-corrected chi connectivity index (χ3v) is 4.91. The Kier molecular flexibility index (Phi) is 5.17. The summed E-state index contributed by atoms with van der Waals surface area (Å²) in [5.74, 6) is -1.30. The fraction of sp³-hybridized carbons (Fsp3) is 0.333. The summed E-state index contributed by atoms with van der Waals surface area (Å²) in [6.45, 7) is 2.23. The lowest BCUT2D eigenvalue weighted by Gasteiger charge is -2.14. The minimum Gasteiger partial charge on any atom is -0.481 e. The molecule has 1 fully saturated rings. The number of aryl methyl sites for hydroxylation is 1. The van der Waals surface area contributed by atoms with Crippen molar-refractivity contribution in [3.63, 3.8) is 0 Å². The Morgan fingerprint density at radius 1 is 1.12 bits per heavy atom. The average molecular weight is 337 g/mol. The first-order valence-corrected chi connectivity index (χ1v) is 8.66. The van der Waals surface area contributed by atoms with Gasteiger partial charge >= 0.3 is 5.97 Å². The SMILES string of the molecule is Cc1ccccc1C1CC1C(=O)NCC(Cc1ccccc1)C(=O)O. The second kappa shape index (κ2) is 7.51. The van der Waals surface area contributed by atoms with Gasteiger partial charge in [0.1, 0.15) is 0 Å². The number of nitrogens with one attached hydrogen (secondary N) is 1. The van der Waals surface area contributed by atoms with E-state index in [9.17, 15) is 14.7 Å². The Labute approximate surface area is 147 Å². The van der Waals surface area contributed by atoms with Gasteiger partial charge in [-0.25, -0.2) is 0 Å². The van der Waals surface area contributed by atoms with Crippen molar-refractivity contribution >= 4 is 11.9 Å². The molecule has 0 heterocycles. The summed E-state index contributed by atoms with van der Waals surface area (Å²) in [6.07, 6.45) is 1.26. The number of carboxylic acid groups (broad SMARTS) is 1. The van der Waals surface area contributed by atoms with Gasteiger partial charge < -0.3 is 10.4 Å². The number of carbonyl (C=O) groups excluding carboxylic acids is 1. The number of carboxylic acids is 1. The van der Waals surface area contributed by atoms with E-state index in [0.717, 1.165) is 12.0 Å². The molecule has 4 heteroatoms. The molecule has 1 saturated carbocycles. The zero-order chi connectivity index (χ0) is 17.8. The fourth-order valence-electron chi connectivity index (χ4n) is 3.33. The van der Waals surface area contributed by atoms with Crippen LogP contribution in [0.5, 0.6) is 0 Å². The molecule has 3 rings (SSSR count). The van der Waals surface area contributed by atoms with Crippen molar-refractivity contribution < 1.29 is 14.7 Å². The van der Waals surface area contributed by atoms with Crippen LogP contribution in [0.2, 0.25) is 0 Å². The van der Waals surface area contributed by atoms with Gasteiger partial charge in [0.2, 0.25) is 5.91 Å². The van der Waals surface area contributed by atoms with Crippen LogP contribution >= 0.6 is 0 Å². The van der Waals surface area contributed by atoms with Crippen LogP contribution in [-0.4, -0.2) is 23.5 Å². The number of carbonyl (C=O) groups is 2. The molecular weight excluding hydrogens is 314 g/mol. The van der Waals surface area contributed by atoms with Gasteiger partial charge in [-0.15, -0.1) is 0 Å². The zero-order valence-electron chi connectivity index (χ0n) is 14.3. The van der Waals surface area contributed by atoms with Crippen molar-refractivity contribution in [1.82, 2.24) is 5.32 Å². The normalized spacial score (nSPS) is 19.9. The molecule has 25 heavy (non-hydrogen) atoms. The number of amides is 1. The molecule has 130 valence electrons. The molecule has 2 aromatic carbocycles. The number of hydrogen-bond acceptors (Lipinski definition) is 2. The van der Waals surface area contributed by atoms with Crippen molar-refractivity contribution in [3.05, 3.63) is 71.3 Å². The van der Waals surface area contributed by atoms with Crippen molar-refractivity contribution in [3.8, 4) is 0 Å². The van der Waals surface area contributed by atoms with Crippen LogP contribution in [0.15, 0.2) is 54.6 Å². The molecule has 0 saturated heterocycles. The maximum atomic E-state index is 12.4. The van der Waals surface area contributed by atoms with Crippen molar-refractivity contribution in [2.24, 2.45) is 11.8 Å². The molecule has 0 aromatic heterocycles. The van der Waals surface area contributed by atoms with Gasteiger partial charge in [0.15, 0.2) is 0 Å². The summed E-state index contributed by atoms with van der Waals surface area (Å²) in [5.41, 5.74) is 3.39. The molecule has 0 aliphatic heterocycles. The van der Waals surface area contributed by atoms with Gasteiger partial charge in [0, 0.05) is 12.5 Å². The van der Waals surface area contributed by atoms with Crippen LogP contribution in [-0.2, 0) is 16.0 Å². The Morgan fingerprint density at radius 2 is 1.80 bits per heavy atom. The van der Waals surface area contributed by atoms with E-state index in [1.54, 1.807) is 0 Å². The molecular formula is C21H23NO3. The van der Waals surface area contributed by atoms with Gasteiger partial charge in [-0.05, 0) is 42.4 Å². The van der Waals surface area contributed by atoms with Crippen molar-refractivity contribution in [1.29, 1.82) is 0 Å². The first-order chi connectivity index (χ1) is 12.1. The second-order valence-corrected chi connectivity index (χ2v) is 6.78. The number of benzene rings is 2. The van der Waals surface area contributed by atoms with Crippen molar-refractivity contribution in [2.75, 3.05) is 6.54 Å². The van der Waals surface area contributed by atoms with Crippen LogP contribution in [0.4, 0.5) is 0 Å². The van der Waals surface area contributed by atoms with Crippen LogP contribution in [0.3, 0.4) is 0 Å². The molecule has 1 aliphatic rings. The smallest absolute Gasteiger partial charge is 0.308 e. The third-order valence-electron chi connectivity index (χ3n) is 4.91. The highest BCUT2D eigenvalue weighted by Crippen LogP contribution is 2.48. The zero-order valence-corrected chi connectivity index (χ0v) is 14.3. The summed E-state index contributed by atoms with van der Waals surface area (Å²) in [5, 5.41) is 12.3. The van der Waals surface area contributed by atoms with Gasteiger partial charge in [-0.1, -0.05) is 54.6 Å². The van der Waals surface area contributed by atoms with Crippen molar-refractivity contribution in [2.45, 2.75) is 25.7 Å². The molecule has 0 spiro atoms. The molecule has 4 nitrogen and oxygen atoms in total. The molecule has 3 unspecified atom stereocenters. The topological polar surface area (TPSA) is 66.4 Å². The Balaban J connectivity index is 1.54. The van der Waals surface area contributed by atoms with E-state index in [2.05, 4.69) is 24.4 Å². The lowest BCUT2D eigenvalue weighted by Crippen LogP contribution is -2.35. The quantitative estimate of drug-likeness (QED) is 0.815. The standard InChI is InChI=1S/C21H23NO3/c1-14-7-5-6-10-17(14)18-12-19(18)20(23)22-13-16(21(24)25)11-15-8-3-2-4-9-15/h2-10,16,18-19H,11-13H2,1H3,(H,22,23)(H,24,25). The number of hydrogen-bond donors (Lipinski definition) is 2. The van der Waals surface area contributed by atoms with E-state index in [-0.39, 0.29) is 24.3 Å². The highest BCUT2D eigenvalue weighted by molar-refractivity contribution is 5.83. The van der Waals surface area contributed by atoms with Crippen LogP contribution < -0.4 is 5.32 Å². The van der Waals surface area contributed by atoms with Gasteiger partial charge in [0.25, 0.3) is 0 Å². The second-order valence-electron chi connectivity index (χ2n) is 6.78. The summed E-state index contributed by atoms with van der Waals surface area (Å²) in [7, 11) is 0. The summed E-state index contributed by atoms with van der Waals surface area (Å²) < 4.78 is 0. The number of aliphatic carboxylic acids is 1. The number of rotatable bonds is 7. The Morgan fingerprint density at radius 3 is 2.48 bits per heavy atom. The van der Waals surface area contributed by atoms with E-state index in [0.29, 0.717) is 6.42 Å². The average Bonchev–Trinajstić information content (AvgIpc) is 3.40. The largest absolute Gasteiger partial charge is 0.481 e. The van der Waals surface area contributed by atoms with E-state index in [4.69, 9.17) is 0 Å². The molecule has 1 amide bonds. The minimum absolute atomic E-state index is 0.0347. The maximum Gasteiger partial charge on any atom is 0.308 e. The summed E-state index contributed by atoms with van der Waals surface area (Å²) >= 11 is 0. The van der Waals surface area contributed by atoms with Crippen LogP contribution in [0.1, 0.15) is 29.0 Å². The van der Waals surface area contributed by atoms with E-state index < -0.39 is 11.9 Å². The van der Waals surface area contributed by atoms with E-state index >= 15 is 0 Å². The molecule has 2 N–H and O–H groups in total. The van der Waals surface area contributed by atoms with E-state index in [1.807, 2.05) is 42.5 Å². The molecule has 0 bridgehead atoms. The first kappa shape index (κ1) is 17.2. The van der Waals surface area contributed by atoms with Gasteiger partial charge in [-0.3, -0.25) is 9.59 Å². The van der Waals surface area contributed by atoms with Gasteiger partial charge in [-0.2, -0.15) is 0 Å². The monoisotopic (exact) mass is 337 g/mol. The minimum atomic E-state index is -0.879. The summed E-state index contributed by atoms with van der Waals surface area (Å²) in [4.78, 5) is 23.9. The maximum absolute atomic E-state index is 12.4. The summed E-state index contributed by atoms with van der Waals surface area (Å²) in [6, 6.07) is 17.6.